The fraction of sp³-hybridized carbons (Fsp3) is 0.152. The molecule has 4 aromatic rings. The number of H-pyrrole nitrogens is 1. The molecule has 0 atom stereocenters. The molecule has 12 heteroatoms. The standard InChI is InChI=1S/C24H23N5O6.C7H6O.C2H2/c1-28-5-7-29(8-6-28)22(32)21(31)18-12-25-20-17(18)3-2-4-19(20)27-24(35)26-16-10-14(13-30)9-15(11-16)23(33)34;8-6-7-4-2-1-3-5-7;1-2/h2-4,9-13,25H,5-8H2,1H3,(H,33,34)(H2,26,27,35);1-6H;1-2H. The number of hydrogen-bond donors (Lipinski definition) is 4. The highest BCUT2D eigenvalue weighted by atomic mass is 16.4. The lowest BCUT2D eigenvalue weighted by molar-refractivity contribution is -0.127. The van der Waals surface area contributed by atoms with E-state index in [1.165, 1.54) is 29.3 Å². The third-order valence-corrected chi connectivity index (χ3v) is 6.72. The maximum absolute atomic E-state index is 12.9. The summed E-state index contributed by atoms with van der Waals surface area (Å²) >= 11 is 0. The topological polar surface area (TPSA) is 169 Å². The van der Waals surface area contributed by atoms with Crippen LogP contribution in [-0.2, 0) is 4.79 Å². The first-order valence-corrected chi connectivity index (χ1v) is 13.6. The summed E-state index contributed by atoms with van der Waals surface area (Å²) in [5.74, 6) is -2.44. The Labute approximate surface area is 259 Å². The van der Waals surface area contributed by atoms with Gasteiger partial charge in [-0.15, -0.1) is 12.8 Å². The van der Waals surface area contributed by atoms with Gasteiger partial charge in [0.15, 0.2) is 0 Å². The molecule has 0 bridgehead atoms. The van der Waals surface area contributed by atoms with Crippen LogP contribution < -0.4 is 10.6 Å². The van der Waals surface area contributed by atoms with Gasteiger partial charge in [0, 0.05) is 54.6 Å². The Balaban J connectivity index is 0.000000475. The van der Waals surface area contributed by atoms with Gasteiger partial charge in [0.2, 0.25) is 0 Å². The van der Waals surface area contributed by atoms with Crippen LogP contribution in [0, 0.1) is 12.8 Å². The van der Waals surface area contributed by atoms with E-state index in [9.17, 15) is 33.9 Å². The van der Waals surface area contributed by atoms with Crippen molar-refractivity contribution >= 4 is 58.5 Å². The molecule has 1 aliphatic rings. The summed E-state index contributed by atoms with van der Waals surface area (Å²) in [6.07, 6.45) is 10.8. The minimum atomic E-state index is -1.24. The molecule has 3 amide bonds. The van der Waals surface area contributed by atoms with Crippen molar-refractivity contribution in [3.63, 3.8) is 0 Å². The van der Waals surface area contributed by atoms with Crippen molar-refractivity contribution in [3.8, 4) is 12.8 Å². The number of nitrogens with one attached hydrogen (secondary N) is 3. The van der Waals surface area contributed by atoms with Crippen LogP contribution in [0.3, 0.4) is 0 Å². The number of para-hydroxylation sites is 1. The van der Waals surface area contributed by atoms with Gasteiger partial charge in [0.1, 0.15) is 12.6 Å². The molecular formula is C33H31N5O7. The lowest BCUT2D eigenvalue weighted by Gasteiger charge is -2.31. The molecule has 0 aliphatic carbocycles. The van der Waals surface area contributed by atoms with E-state index >= 15 is 0 Å². The van der Waals surface area contributed by atoms with Crippen LogP contribution >= 0.6 is 0 Å². The van der Waals surface area contributed by atoms with E-state index in [4.69, 9.17) is 0 Å². The van der Waals surface area contributed by atoms with Gasteiger partial charge < -0.3 is 30.5 Å². The number of anilines is 2. The molecule has 1 saturated heterocycles. The molecule has 230 valence electrons. The fourth-order valence-corrected chi connectivity index (χ4v) is 4.45. The number of carbonyl (C=O) groups is 6. The second-order valence-electron chi connectivity index (χ2n) is 9.73. The molecule has 3 aromatic carbocycles. The SMILES string of the molecule is C#C.CN1CCN(C(=O)C(=O)c2c[nH]c3c(NC(=O)Nc4cc(C=O)cc(C(=O)O)c4)cccc23)CC1.O=Cc1ccccc1. The van der Waals surface area contributed by atoms with Crippen molar-refractivity contribution in [1.82, 2.24) is 14.8 Å². The summed E-state index contributed by atoms with van der Waals surface area (Å²) in [6.45, 7) is 2.34. The number of aromatic amines is 1. The van der Waals surface area contributed by atoms with Crippen molar-refractivity contribution < 1.29 is 33.9 Å². The number of benzene rings is 3. The van der Waals surface area contributed by atoms with Crippen molar-refractivity contribution in [2.24, 2.45) is 0 Å². The molecule has 1 fully saturated rings. The number of carboxylic acid groups (broad SMARTS) is 1. The number of aromatic nitrogens is 1. The third-order valence-electron chi connectivity index (χ3n) is 6.72. The molecule has 1 aliphatic heterocycles. The fourth-order valence-electron chi connectivity index (χ4n) is 4.45. The van der Waals surface area contributed by atoms with E-state index < -0.39 is 23.7 Å². The molecule has 2 heterocycles. The molecule has 1 aromatic heterocycles. The van der Waals surface area contributed by atoms with E-state index in [2.05, 4.69) is 33.4 Å². The van der Waals surface area contributed by atoms with Gasteiger partial charge in [-0.1, -0.05) is 42.5 Å². The number of terminal acetylenes is 1. The third kappa shape index (κ3) is 8.73. The lowest BCUT2D eigenvalue weighted by Crippen LogP contribution is -2.49. The van der Waals surface area contributed by atoms with Crippen LogP contribution in [0.1, 0.15) is 41.4 Å². The van der Waals surface area contributed by atoms with Crippen LogP contribution in [0.25, 0.3) is 10.9 Å². The number of aldehydes is 2. The van der Waals surface area contributed by atoms with Crippen molar-refractivity contribution in [3.05, 3.63) is 95.2 Å². The largest absolute Gasteiger partial charge is 0.478 e. The summed E-state index contributed by atoms with van der Waals surface area (Å²) < 4.78 is 0. The van der Waals surface area contributed by atoms with Gasteiger partial charge in [0.25, 0.3) is 11.7 Å². The monoisotopic (exact) mass is 609 g/mol. The van der Waals surface area contributed by atoms with Gasteiger partial charge in [-0.3, -0.25) is 19.2 Å². The molecule has 5 rings (SSSR count). The zero-order chi connectivity index (χ0) is 32.9. The summed E-state index contributed by atoms with van der Waals surface area (Å²) in [7, 11) is 1.96. The Morgan fingerprint density at radius 1 is 0.844 bits per heavy atom. The summed E-state index contributed by atoms with van der Waals surface area (Å²) in [4.78, 5) is 77.2. The van der Waals surface area contributed by atoms with Crippen LogP contribution in [0.5, 0.6) is 0 Å². The number of carboxylic acids is 1. The van der Waals surface area contributed by atoms with E-state index in [-0.39, 0.29) is 22.4 Å². The van der Waals surface area contributed by atoms with Crippen molar-refractivity contribution in [1.29, 1.82) is 0 Å². The van der Waals surface area contributed by atoms with Gasteiger partial charge in [-0.05, 0) is 31.3 Å². The Morgan fingerprint density at radius 2 is 1.51 bits per heavy atom. The summed E-state index contributed by atoms with van der Waals surface area (Å²) in [5, 5.41) is 14.8. The number of likely N-dealkylation sites (N-methyl/N-ethyl adjacent to an activating group) is 1. The lowest BCUT2D eigenvalue weighted by atomic mass is 10.1. The van der Waals surface area contributed by atoms with Gasteiger partial charge in [0.05, 0.1) is 22.3 Å². The highest BCUT2D eigenvalue weighted by Gasteiger charge is 2.28. The highest BCUT2D eigenvalue weighted by molar-refractivity contribution is 6.45. The number of Topliss-reactive ketones (excluding diaryl/α,β-unsaturated/α-hetero) is 1. The maximum Gasteiger partial charge on any atom is 0.335 e. The second kappa shape index (κ2) is 16.0. The predicted molar refractivity (Wildman–Crippen MR) is 170 cm³/mol. The predicted octanol–water partition coefficient (Wildman–Crippen LogP) is 4.03. The number of amides is 3. The van der Waals surface area contributed by atoms with Gasteiger partial charge in [-0.25, -0.2) is 9.59 Å². The maximum atomic E-state index is 12.9. The number of rotatable bonds is 7. The number of fused-ring (bicyclic) bond motifs is 1. The molecule has 0 saturated carbocycles. The molecule has 0 radical (unpaired) electrons. The number of nitrogens with zero attached hydrogens (tertiary/aromatic N) is 2. The molecule has 0 spiro atoms. The van der Waals surface area contributed by atoms with Gasteiger partial charge in [-0.2, -0.15) is 0 Å². The Hall–Kier alpha value is -6.06. The average molecular weight is 610 g/mol. The van der Waals surface area contributed by atoms with E-state index in [0.29, 0.717) is 49.1 Å². The molecule has 45 heavy (non-hydrogen) atoms. The van der Waals surface area contributed by atoms with E-state index in [0.717, 1.165) is 11.8 Å². The van der Waals surface area contributed by atoms with Crippen molar-refractivity contribution in [2.75, 3.05) is 43.9 Å². The molecule has 12 nitrogen and oxygen atoms in total. The minimum Gasteiger partial charge on any atom is -0.478 e. The Bertz CT molecular complexity index is 1720. The number of carbonyl (C=O) groups excluding carboxylic acids is 5. The number of piperazine rings is 1. The quantitative estimate of drug-likeness (QED) is 0.105. The zero-order valence-electron chi connectivity index (χ0n) is 24.4. The first-order valence-electron chi connectivity index (χ1n) is 13.6. The Kier molecular flexibility index (Phi) is 11.9. The Morgan fingerprint density at radius 3 is 2.11 bits per heavy atom. The molecular weight excluding hydrogens is 578 g/mol. The van der Waals surface area contributed by atoms with Crippen LogP contribution in [0.15, 0.2) is 72.9 Å². The zero-order valence-corrected chi connectivity index (χ0v) is 24.4. The molecule has 4 N–H and O–H groups in total. The van der Waals surface area contributed by atoms with Crippen LogP contribution in [-0.4, -0.2) is 89.4 Å². The number of aromatic carboxylic acids is 1. The first kappa shape index (κ1) is 33.4. The number of hydrogen-bond acceptors (Lipinski definition) is 7. The normalized spacial score (nSPS) is 12.4. The van der Waals surface area contributed by atoms with Crippen LogP contribution in [0.2, 0.25) is 0 Å². The summed E-state index contributed by atoms with van der Waals surface area (Å²) in [5.41, 5.74) is 1.80. The van der Waals surface area contributed by atoms with Crippen LogP contribution in [0.4, 0.5) is 16.2 Å². The number of urea groups is 1. The average Bonchev–Trinajstić information content (AvgIpc) is 3.51. The first-order chi connectivity index (χ1) is 21.7. The number of ketones is 1. The summed E-state index contributed by atoms with van der Waals surface area (Å²) in [6, 6.07) is 17.1. The second-order valence-corrected chi connectivity index (χ2v) is 9.73. The minimum absolute atomic E-state index is 0.0971. The molecule has 0 unspecified atom stereocenters. The van der Waals surface area contributed by atoms with E-state index in [1.54, 1.807) is 30.3 Å². The smallest absolute Gasteiger partial charge is 0.335 e. The van der Waals surface area contributed by atoms with Gasteiger partial charge >= 0.3 is 12.0 Å². The van der Waals surface area contributed by atoms with E-state index in [1.807, 2.05) is 25.2 Å². The highest BCUT2D eigenvalue weighted by Crippen LogP contribution is 2.27. The van der Waals surface area contributed by atoms with Crippen molar-refractivity contribution in [2.45, 2.75) is 0 Å².